The van der Waals surface area contributed by atoms with Gasteiger partial charge in [0, 0.05) is 64.4 Å². The summed E-state index contributed by atoms with van der Waals surface area (Å²) in [7, 11) is 1.71. The highest BCUT2D eigenvalue weighted by Crippen LogP contribution is 2.36. The standard InChI is InChI=1S/C44H55FN4O10/c1-44(45)16-4-8-35(24-44)48-18-15-37(27-48)58-36-12-10-34(11-13-36)42-40(55-28-33-9-14-39-38(23-33)47(19-21-54-39)17-5-20-53-2)25-46-26-41(42)59-43(50)56-29-31-6-3-7-32(22-31)30-57-49(51)52/h3-4,6-14,16,22-23,37,40-42,46,51-52H,5,15,17-21,24-30H2,1-2H3. The molecular weight excluding hydrogens is 763 g/mol. The lowest BCUT2D eigenvalue weighted by Crippen LogP contribution is -2.51. The van der Waals surface area contributed by atoms with E-state index in [1.165, 1.54) is 0 Å². The number of rotatable bonds is 17. The maximum Gasteiger partial charge on any atom is 0.508 e. The molecule has 14 nitrogen and oxygen atoms in total. The quantitative estimate of drug-likeness (QED) is 0.0780. The predicted octanol–water partition coefficient (Wildman–Crippen LogP) is 6.45. The number of carbonyl (C=O) groups is 1. The Morgan fingerprint density at radius 3 is 2.59 bits per heavy atom. The first-order valence-corrected chi connectivity index (χ1v) is 20.3. The molecule has 0 aromatic heterocycles. The first kappa shape index (κ1) is 42.4. The molecule has 0 saturated carbocycles. The van der Waals surface area contributed by atoms with Crippen LogP contribution < -0.4 is 19.7 Å². The van der Waals surface area contributed by atoms with Crippen molar-refractivity contribution in [1.82, 2.24) is 15.6 Å². The minimum Gasteiger partial charge on any atom is -0.490 e. The van der Waals surface area contributed by atoms with Crippen LogP contribution in [-0.4, -0.2) is 110 Å². The van der Waals surface area contributed by atoms with E-state index in [4.69, 9.17) is 43.7 Å². The van der Waals surface area contributed by atoms with Gasteiger partial charge in [-0.05, 0) is 72.0 Å². The predicted molar refractivity (Wildman–Crippen MR) is 215 cm³/mol. The molecule has 59 heavy (non-hydrogen) atoms. The van der Waals surface area contributed by atoms with E-state index in [-0.39, 0.29) is 36.7 Å². The Morgan fingerprint density at radius 1 is 1.00 bits per heavy atom. The number of halogens is 1. The van der Waals surface area contributed by atoms with Gasteiger partial charge in [0.2, 0.25) is 0 Å². The van der Waals surface area contributed by atoms with E-state index in [1.807, 2.05) is 42.5 Å². The van der Waals surface area contributed by atoms with Crippen LogP contribution in [0.3, 0.4) is 0 Å². The Kier molecular flexibility index (Phi) is 14.4. The Hall–Kier alpha value is -4.74. The lowest BCUT2D eigenvalue weighted by Gasteiger charge is -2.38. The minimum absolute atomic E-state index is 0.0375. The first-order valence-electron chi connectivity index (χ1n) is 20.3. The maximum atomic E-state index is 14.7. The zero-order valence-electron chi connectivity index (χ0n) is 33.7. The molecule has 15 heteroatoms. The topological polar surface area (TPSA) is 144 Å². The van der Waals surface area contributed by atoms with Crippen LogP contribution in [0.5, 0.6) is 11.5 Å². The van der Waals surface area contributed by atoms with Gasteiger partial charge in [0.15, 0.2) is 0 Å². The largest absolute Gasteiger partial charge is 0.508 e. The number of hydrogen-bond acceptors (Lipinski definition) is 14. The van der Waals surface area contributed by atoms with Gasteiger partial charge in [-0.1, -0.05) is 48.5 Å². The fourth-order valence-electron chi connectivity index (χ4n) is 8.15. The van der Waals surface area contributed by atoms with Crippen molar-refractivity contribution in [2.75, 3.05) is 64.5 Å². The molecule has 2 saturated heterocycles. The molecule has 2 fully saturated rings. The van der Waals surface area contributed by atoms with Crippen molar-refractivity contribution < 1.29 is 52.9 Å². The summed E-state index contributed by atoms with van der Waals surface area (Å²) < 4.78 is 50.6. The number of carbonyl (C=O) groups excluding carboxylic acids is 1. The van der Waals surface area contributed by atoms with Crippen LogP contribution >= 0.6 is 0 Å². The molecule has 3 heterocycles. The van der Waals surface area contributed by atoms with E-state index in [1.54, 1.807) is 50.5 Å². The summed E-state index contributed by atoms with van der Waals surface area (Å²) >= 11 is 0. The third kappa shape index (κ3) is 11.7. The summed E-state index contributed by atoms with van der Waals surface area (Å²) in [5, 5.41) is 20.8. The molecule has 5 atom stereocenters. The monoisotopic (exact) mass is 818 g/mol. The van der Waals surface area contributed by atoms with Crippen LogP contribution in [0.2, 0.25) is 0 Å². The minimum atomic E-state index is -1.35. The number of ether oxygens (including phenoxy) is 6. The van der Waals surface area contributed by atoms with Gasteiger partial charge in [-0.15, -0.1) is 0 Å². The summed E-state index contributed by atoms with van der Waals surface area (Å²) in [6.07, 6.45) is 5.63. The number of hydrogen-bond donors (Lipinski definition) is 3. The summed E-state index contributed by atoms with van der Waals surface area (Å²) in [6, 6.07) is 21.0. The Balaban J connectivity index is 1.03. The fraction of sp³-hybridized carbons (Fsp3) is 0.477. The highest BCUT2D eigenvalue weighted by atomic mass is 19.1. The molecule has 0 amide bonds. The SMILES string of the molecule is COCCCN1CCOc2ccc(COC3CNCC(OC(=O)OCc4cccc(CON(O)O)c4)C3c3ccc(OC4CCN(C5=CC=CC(C)(F)C5)C4)cc3)cc21. The van der Waals surface area contributed by atoms with Gasteiger partial charge in [0.25, 0.3) is 0 Å². The molecule has 318 valence electrons. The number of fused-ring (bicyclic) bond motifs is 1. The molecule has 1 aliphatic carbocycles. The summed E-state index contributed by atoms with van der Waals surface area (Å²) in [6.45, 7) is 7.15. The van der Waals surface area contributed by atoms with Crippen molar-refractivity contribution in [3.8, 4) is 11.5 Å². The van der Waals surface area contributed by atoms with Crippen LogP contribution in [0.25, 0.3) is 0 Å². The van der Waals surface area contributed by atoms with E-state index in [2.05, 4.69) is 21.2 Å². The lowest BCUT2D eigenvalue weighted by molar-refractivity contribution is -0.497. The van der Waals surface area contributed by atoms with Crippen LogP contribution in [0, 0.1) is 0 Å². The number of benzene rings is 3. The van der Waals surface area contributed by atoms with Crippen LogP contribution in [-0.2, 0) is 43.6 Å². The van der Waals surface area contributed by atoms with Gasteiger partial charge >= 0.3 is 6.16 Å². The van der Waals surface area contributed by atoms with E-state index >= 15 is 0 Å². The normalized spacial score (nSPS) is 24.1. The van der Waals surface area contributed by atoms with Crippen LogP contribution in [0.4, 0.5) is 14.9 Å². The van der Waals surface area contributed by atoms with Crippen molar-refractivity contribution >= 4 is 11.8 Å². The highest BCUT2D eigenvalue weighted by molar-refractivity contribution is 5.61. The number of nitrogens with one attached hydrogen (secondary N) is 1. The molecule has 4 aliphatic rings. The molecule has 0 spiro atoms. The molecule has 3 N–H and O–H groups in total. The molecule has 7 rings (SSSR count). The lowest BCUT2D eigenvalue weighted by atomic mass is 9.85. The van der Waals surface area contributed by atoms with Gasteiger partial charge in [-0.2, -0.15) is 0 Å². The van der Waals surface area contributed by atoms with Crippen molar-refractivity contribution in [3.63, 3.8) is 0 Å². The molecular formula is C44H55FN4O10. The molecule has 3 aromatic rings. The third-order valence-corrected chi connectivity index (χ3v) is 11.0. The number of likely N-dealkylation sites (tertiary alicyclic amines) is 1. The first-order chi connectivity index (χ1) is 28.6. The third-order valence-electron chi connectivity index (χ3n) is 11.0. The average molecular weight is 819 g/mol. The van der Waals surface area contributed by atoms with Crippen LogP contribution in [0.1, 0.15) is 54.4 Å². The molecule has 3 aliphatic heterocycles. The van der Waals surface area contributed by atoms with Gasteiger partial charge in [-0.25, -0.2) is 14.0 Å². The fourth-order valence-corrected chi connectivity index (χ4v) is 8.15. The zero-order valence-corrected chi connectivity index (χ0v) is 33.7. The smallest absolute Gasteiger partial charge is 0.490 e. The Labute approximate surface area is 344 Å². The second kappa shape index (κ2) is 20.0. The Bertz CT molecular complexity index is 1910. The Morgan fingerprint density at radius 2 is 1.80 bits per heavy atom. The molecule has 0 radical (unpaired) electrons. The number of alkyl halides is 1. The van der Waals surface area contributed by atoms with E-state index in [9.17, 15) is 9.18 Å². The van der Waals surface area contributed by atoms with E-state index in [0.717, 1.165) is 66.5 Å². The van der Waals surface area contributed by atoms with E-state index < -0.39 is 17.9 Å². The van der Waals surface area contributed by atoms with Crippen molar-refractivity contribution in [2.45, 2.75) is 75.9 Å². The molecule has 5 unspecified atom stereocenters. The van der Waals surface area contributed by atoms with Crippen LogP contribution in [0.15, 0.2) is 90.7 Å². The number of piperidine rings is 1. The number of nitrogens with zero attached hydrogens (tertiary/aromatic N) is 3. The van der Waals surface area contributed by atoms with Gasteiger partial charge < -0.3 is 43.5 Å². The number of allylic oxidation sites excluding steroid dienone is 4. The van der Waals surface area contributed by atoms with Crippen molar-refractivity contribution in [3.05, 3.63) is 113 Å². The summed E-state index contributed by atoms with van der Waals surface area (Å²) in [5.41, 5.74) is 3.92. The van der Waals surface area contributed by atoms with Gasteiger partial charge in [-0.3, -0.25) is 10.4 Å². The second-order valence-corrected chi connectivity index (χ2v) is 15.6. The van der Waals surface area contributed by atoms with Crippen molar-refractivity contribution in [2.24, 2.45) is 0 Å². The summed E-state index contributed by atoms with van der Waals surface area (Å²) in [5.74, 6) is 1.23. The van der Waals surface area contributed by atoms with Gasteiger partial charge in [0.05, 0.1) is 43.5 Å². The average Bonchev–Trinajstić information content (AvgIpc) is 3.70. The summed E-state index contributed by atoms with van der Waals surface area (Å²) in [4.78, 5) is 22.5. The number of anilines is 1. The van der Waals surface area contributed by atoms with Gasteiger partial charge in [0.1, 0.15) is 42.6 Å². The molecule has 3 aromatic carbocycles. The molecule has 0 bridgehead atoms. The maximum absolute atomic E-state index is 14.7. The highest BCUT2D eigenvalue weighted by Gasteiger charge is 2.39. The zero-order chi connectivity index (χ0) is 41.2. The second-order valence-electron chi connectivity index (χ2n) is 15.6. The van der Waals surface area contributed by atoms with Crippen molar-refractivity contribution in [1.29, 1.82) is 0 Å². The number of methoxy groups -OCH3 is 1. The van der Waals surface area contributed by atoms with E-state index in [0.29, 0.717) is 57.0 Å².